The molecule has 0 aliphatic carbocycles. The van der Waals surface area contributed by atoms with Gasteiger partial charge < -0.3 is 14.4 Å². The van der Waals surface area contributed by atoms with Gasteiger partial charge in [-0.1, -0.05) is 37.3 Å². The van der Waals surface area contributed by atoms with Crippen molar-refractivity contribution in [3.63, 3.8) is 0 Å². The zero-order valence-corrected chi connectivity index (χ0v) is 12.9. The van der Waals surface area contributed by atoms with E-state index in [9.17, 15) is 5.11 Å². The molecule has 1 saturated heterocycles. The maximum atomic E-state index is 10.0. The Morgan fingerprint density at radius 3 is 2.82 bits per heavy atom. The minimum absolute atomic E-state index is 0.0741. The van der Waals surface area contributed by atoms with Gasteiger partial charge in [-0.25, -0.2) is 4.98 Å². The van der Waals surface area contributed by atoms with Crippen LogP contribution >= 0.6 is 0 Å². The van der Waals surface area contributed by atoms with Gasteiger partial charge in [0.15, 0.2) is 0 Å². The van der Waals surface area contributed by atoms with Crippen molar-refractivity contribution >= 4 is 0 Å². The Hall–Kier alpha value is -1.69. The van der Waals surface area contributed by atoms with E-state index in [1.165, 1.54) is 5.56 Å². The lowest BCUT2D eigenvalue weighted by molar-refractivity contribution is 0.0795. The van der Waals surface area contributed by atoms with Crippen LogP contribution < -0.4 is 0 Å². The third kappa shape index (κ3) is 3.38. The first-order chi connectivity index (χ1) is 10.8. The number of aliphatic hydroxyl groups is 1. The summed E-state index contributed by atoms with van der Waals surface area (Å²) in [4.78, 5) is 6.55. The molecule has 118 valence electrons. The van der Waals surface area contributed by atoms with E-state index >= 15 is 0 Å². The zero-order valence-electron chi connectivity index (χ0n) is 12.9. The third-order valence-electron chi connectivity index (χ3n) is 4.26. The highest BCUT2D eigenvalue weighted by Crippen LogP contribution is 2.17. The highest BCUT2D eigenvalue weighted by molar-refractivity contribution is 5.16. The fraction of sp³-hybridized carbons (Fsp3) is 0.471. The third-order valence-corrected chi connectivity index (χ3v) is 4.26. The standard InChI is InChI=1S/C17H23N3O2/c1-2-19(16-11-22-12-17(16)21)10-15-8-18-13-20(15)9-14-6-4-3-5-7-14/h3-8,13,16-17,21H,2,9-12H2,1H3/t16-,17-/m1/s1. The van der Waals surface area contributed by atoms with E-state index in [0.717, 1.165) is 25.3 Å². The molecule has 1 N–H and O–H groups in total. The minimum atomic E-state index is -0.398. The Labute approximate surface area is 131 Å². The first-order valence-corrected chi connectivity index (χ1v) is 7.80. The van der Waals surface area contributed by atoms with Gasteiger partial charge in [-0.15, -0.1) is 0 Å². The fourth-order valence-corrected chi connectivity index (χ4v) is 2.95. The maximum absolute atomic E-state index is 10.0. The number of ether oxygens (including phenoxy) is 1. The van der Waals surface area contributed by atoms with Gasteiger partial charge in [0.2, 0.25) is 0 Å². The average Bonchev–Trinajstić information content (AvgIpc) is 3.15. The van der Waals surface area contributed by atoms with Gasteiger partial charge in [0, 0.05) is 19.3 Å². The Balaban J connectivity index is 1.71. The van der Waals surface area contributed by atoms with E-state index in [1.54, 1.807) is 0 Å². The van der Waals surface area contributed by atoms with Gasteiger partial charge in [0.05, 0.1) is 37.4 Å². The number of likely N-dealkylation sites (N-methyl/N-ethyl adjacent to an activating group) is 1. The molecule has 1 aliphatic rings. The molecule has 0 radical (unpaired) electrons. The van der Waals surface area contributed by atoms with E-state index in [2.05, 4.69) is 45.6 Å². The monoisotopic (exact) mass is 301 g/mol. The molecule has 1 aromatic carbocycles. The predicted molar refractivity (Wildman–Crippen MR) is 84.5 cm³/mol. The number of aromatic nitrogens is 2. The van der Waals surface area contributed by atoms with E-state index in [1.807, 2.05) is 18.6 Å². The number of imidazole rings is 1. The molecule has 5 nitrogen and oxygen atoms in total. The molecule has 0 amide bonds. The van der Waals surface area contributed by atoms with E-state index < -0.39 is 6.10 Å². The number of nitrogens with zero attached hydrogens (tertiary/aromatic N) is 3. The van der Waals surface area contributed by atoms with Gasteiger partial charge in [0.1, 0.15) is 0 Å². The summed E-state index contributed by atoms with van der Waals surface area (Å²) in [5.74, 6) is 0. The molecule has 5 heteroatoms. The summed E-state index contributed by atoms with van der Waals surface area (Å²) in [6, 6.07) is 10.4. The van der Waals surface area contributed by atoms with Crippen molar-refractivity contribution in [1.29, 1.82) is 0 Å². The van der Waals surface area contributed by atoms with Crippen LogP contribution in [0.1, 0.15) is 18.2 Å². The largest absolute Gasteiger partial charge is 0.389 e. The molecular formula is C17H23N3O2. The summed E-state index contributed by atoms with van der Waals surface area (Å²) in [5.41, 5.74) is 2.42. The molecule has 1 aliphatic heterocycles. The molecule has 1 fully saturated rings. The average molecular weight is 301 g/mol. The molecule has 22 heavy (non-hydrogen) atoms. The Morgan fingerprint density at radius 1 is 1.32 bits per heavy atom. The smallest absolute Gasteiger partial charge is 0.0951 e. The molecule has 0 spiro atoms. The summed E-state index contributed by atoms with van der Waals surface area (Å²) < 4.78 is 7.55. The second kappa shape index (κ2) is 7.05. The van der Waals surface area contributed by atoms with Crippen LogP contribution in [0.4, 0.5) is 0 Å². The first kappa shape index (κ1) is 15.2. The summed E-state index contributed by atoms with van der Waals surface area (Å²) in [6.07, 6.45) is 3.39. The summed E-state index contributed by atoms with van der Waals surface area (Å²) >= 11 is 0. The van der Waals surface area contributed by atoms with Crippen molar-refractivity contribution < 1.29 is 9.84 Å². The number of rotatable bonds is 6. The van der Waals surface area contributed by atoms with Crippen LogP contribution in [-0.4, -0.2) is 51.5 Å². The SMILES string of the molecule is CCN(Cc1cncn1Cc1ccccc1)[C@@H]1COC[C@H]1O. The second-order valence-electron chi connectivity index (χ2n) is 5.73. The van der Waals surface area contributed by atoms with Crippen molar-refractivity contribution in [2.75, 3.05) is 19.8 Å². The minimum Gasteiger partial charge on any atom is -0.389 e. The Morgan fingerprint density at radius 2 is 2.14 bits per heavy atom. The molecule has 2 heterocycles. The molecule has 2 atom stereocenters. The van der Waals surface area contributed by atoms with Gasteiger partial charge in [-0.05, 0) is 12.1 Å². The molecule has 3 rings (SSSR count). The molecular weight excluding hydrogens is 278 g/mol. The highest BCUT2D eigenvalue weighted by Gasteiger charge is 2.31. The Kier molecular flexibility index (Phi) is 4.87. The number of hydrogen-bond acceptors (Lipinski definition) is 4. The topological polar surface area (TPSA) is 50.5 Å². The lowest BCUT2D eigenvalue weighted by atomic mass is 10.1. The van der Waals surface area contributed by atoms with E-state index in [4.69, 9.17) is 4.74 Å². The normalized spacial score (nSPS) is 21.6. The van der Waals surface area contributed by atoms with Crippen LogP contribution in [0.3, 0.4) is 0 Å². The Bertz CT molecular complexity index is 585. The molecule has 1 aromatic heterocycles. The van der Waals surface area contributed by atoms with Gasteiger partial charge in [-0.2, -0.15) is 0 Å². The number of benzene rings is 1. The van der Waals surface area contributed by atoms with Crippen molar-refractivity contribution in [3.8, 4) is 0 Å². The molecule has 0 bridgehead atoms. The maximum Gasteiger partial charge on any atom is 0.0951 e. The lowest BCUT2D eigenvalue weighted by Gasteiger charge is -2.28. The molecule has 0 unspecified atom stereocenters. The number of aliphatic hydroxyl groups excluding tert-OH is 1. The van der Waals surface area contributed by atoms with Gasteiger partial charge >= 0.3 is 0 Å². The van der Waals surface area contributed by atoms with E-state index in [-0.39, 0.29) is 6.04 Å². The van der Waals surface area contributed by atoms with Crippen LogP contribution in [-0.2, 0) is 17.8 Å². The second-order valence-corrected chi connectivity index (χ2v) is 5.73. The van der Waals surface area contributed by atoms with Crippen molar-refractivity contribution in [1.82, 2.24) is 14.5 Å². The van der Waals surface area contributed by atoms with Gasteiger partial charge in [0.25, 0.3) is 0 Å². The van der Waals surface area contributed by atoms with Crippen LogP contribution in [0, 0.1) is 0 Å². The number of hydrogen-bond donors (Lipinski definition) is 1. The molecule has 0 saturated carbocycles. The van der Waals surface area contributed by atoms with Gasteiger partial charge in [-0.3, -0.25) is 4.90 Å². The van der Waals surface area contributed by atoms with Crippen molar-refractivity contribution in [3.05, 3.63) is 54.1 Å². The van der Waals surface area contributed by atoms with Crippen molar-refractivity contribution in [2.45, 2.75) is 32.2 Å². The highest BCUT2D eigenvalue weighted by atomic mass is 16.5. The van der Waals surface area contributed by atoms with Crippen molar-refractivity contribution in [2.24, 2.45) is 0 Å². The predicted octanol–water partition coefficient (Wildman–Crippen LogP) is 1.51. The summed E-state index contributed by atoms with van der Waals surface area (Å²) in [7, 11) is 0. The van der Waals surface area contributed by atoms with E-state index in [0.29, 0.717) is 13.2 Å². The van der Waals surface area contributed by atoms with Crippen LogP contribution in [0.2, 0.25) is 0 Å². The van der Waals surface area contributed by atoms with Crippen LogP contribution in [0.5, 0.6) is 0 Å². The van der Waals surface area contributed by atoms with Crippen LogP contribution in [0.25, 0.3) is 0 Å². The molecule has 2 aromatic rings. The summed E-state index contributed by atoms with van der Waals surface area (Å²) in [6.45, 7) is 5.61. The lowest BCUT2D eigenvalue weighted by Crippen LogP contribution is -2.42. The quantitative estimate of drug-likeness (QED) is 0.879. The zero-order chi connectivity index (χ0) is 15.4. The first-order valence-electron chi connectivity index (χ1n) is 7.80. The van der Waals surface area contributed by atoms with Crippen LogP contribution in [0.15, 0.2) is 42.9 Å². The summed E-state index contributed by atoms with van der Waals surface area (Å²) in [5, 5.41) is 10.0. The fourth-order valence-electron chi connectivity index (χ4n) is 2.95.